The number of aliphatic hydroxyl groups is 2. The van der Waals surface area contributed by atoms with Gasteiger partial charge in [-0.25, -0.2) is 4.98 Å². The number of ether oxygens (including phenoxy) is 2. The third-order valence-corrected chi connectivity index (χ3v) is 4.96. The molecule has 3 rings (SSSR count). The van der Waals surface area contributed by atoms with Crippen LogP contribution in [0, 0.1) is 0 Å². The molecule has 0 aliphatic carbocycles. The van der Waals surface area contributed by atoms with Gasteiger partial charge < -0.3 is 25.4 Å². The van der Waals surface area contributed by atoms with Gasteiger partial charge in [0.15, 0.2) is 0 Å². The number of rotatable bonds is 7. The van der Waals surface area contributed by atoms with Gasteiger partial charge in [0.2, 0.25) is 11.8 Å². The van der Waals surface area contributed by atoms with Crippen molar-refractivity contribution in [3.8, 4) is 5.88 Å². The number of primary amides is 1. The zero-order chi connectivity index (χ0) is 20.1. The molecule has 1 amide bonds. The first-order valence-electron chi connectivity index (χ1n) is 9.22. The second kappa shape index (κ2) is 8.64. The fourth-order valence-electron chi connectivity index (χ4n) is 3.50. The Labute approximate surface area is 163 Å². The molecule has 2 aromatic rings. The molecule has 0 saturated carbocycles. The van der Waals surface area contributed by atoms with Crippen LogP contribution in [-0.2, 0) is 9.53 Å². The standard InChI is InChI=1S/C20H25N3O5/c1-27-17-7-6-16-18(23-17)13(8-10-22-16)4-5-15-3-2-9-20(28-15,19(21)26)11-14(25)12-24/h4-8,10,14-15,24-25H,2-3,9,11-12H2,1H3,(H2,21,26)/t14-,15+,20-/m1/s1. The molecule has 0 bridgehead atoms. The van der Waals surface area contributed by atoms with Crippen molar-refractivity contribution in [3.05, 3.63) is 36.0 Å². The summed E-state index contributed by atoms with van der Waals surface area (Å²) in [6.45, 7) is -0.449. The molecule has 8 nitrogen and oxygen atoms in total. The minimum Gasteiger partial charge on any atom is -0.481 e. The number of aromatic nitrogens is 2. The third kappa shape index (κ3) is 4.30. The summed E-state index contributed by atoms with van der Waals surface area (Å²) in [5.41, 5.74) is 6.57. The Balaban J connectivity index is 1.84. The molecule has 4 N–H and O–H groups in total. The van der Waals surface area contributed by atoms with Gasteiger partial charge in [0.05, 0.1) is 37.0 Å². The van der Waals surface area contributed by atoms with E-state index in [9.17, 15) is 9.90 Å². The number of nitrogens with zero attached hydrogens (tertiary/aromatic N) is 2. The van der Waals surface area contributed by atoms with Crippen molar-refractivity contribution in [2.45, 2.75) is 43.5 Å². The zero-order valence-corrected chi connectivity index (χ0v) is 15.7. The topological polar surface area (TPSA) is 128 Å². The number of aliphatic hydroxyl groups excluding tert-OH is 2. The highest BCUT2D eigenvalue weighted by molar-refractivity contribution is 5.85. The maximum absolute atomic E-state index is 12.0. The van der Waals surface area contributed by atoms with E-state index in [1.807, 2.05) is 24.3 Å². The van der Waals surface area contributed by atoms with Gasteiger partial charge in [-0.2, -0.15) is 0 Å². The highest BCUT2D eigenvalue weighted by Gasteiger charge is 2.43. The highest BCUT2D eigenvalue weighted by Crippen LogP contribution is 2.33. The predicted molar refractivity (Wildman–Crippen MR) is 103 cm³/mol. The third-order valence-electron chi connectivity index (χ3n) is 4.96. The van der Waals surface area contributed by atoms with Crippen LogP contribution in [0.2, 0.25) is 0 Å². The van der Waals surface area contributed by atoms with E-state index in [1.54, 1.807) is 19.4 Å². The van der Waals surface area contributed by atoms with E-state index < -0.39 is 24.2 Å². The predicted octanol–water partition coefficient (Wildman–Crippen LogP) is 1.19. The lowest BCUT2D eigenvalue weighted by molar-refractivity contribution is -0.165. The smallest absolute Gasteiger partial charge is 0.249 e. The second-order valence-corrected chi connectivity index (χ2v) is 6.93. The first kappa shape index (κ1) is 20.2. The number of pyridine rings is 2. The van der Waals surface area contributed by atoms with Crippen LogP contribution in [0.1, 0.15) is 31.2 Å². The van der Waals surface area contributed by atoms with Crippen molar-refractivity contribution in [1.29, 1.82) is 0 Å². The Kier molecular flexibility index (Phi) is 6.23. The summed E-state index contributed by atoms with van der Waals surface area (Å²) in [5, 5.41) is 18.9. The molecule has 1 fully saturated rings. The minimum atomic E-state index is -1.28. The van der Waals surface area contributed by atoms with E-state index in [0.717, 1.165) is 23.9 Å². The lowest BCUT2D eigenvalue weighted by atomic mass is 9.85. The molecule has 0 spiro atoms. The molecule has 150 valence electrons. The molecular weight excluding hydrogens is 362 g/mol. The Bertz CT molecular complexity index is 872. The quantitative estimate of drug-likeness (QED) is 0.651. The molecule has 1 aliphatic rings. The van der Waals surface area contributed by atoms with Crippen LogP contribution >= 0.6 is 0 Å². The second-order valence-electron chi connectivity index (χ2n) is 6.93. The molecule has 0 radical (unpaired) electrons. The van der Waals surface area contributed by atoms with Crippen LogP contribution in [0.4, 0.5) is 0 Å². The van der Waals surface area contributed by atoms with E-state index in [0.29, 0.717) is 17.8 Å². The van der Waals surface area contributed by atoms with Crippen molar-refractivity contribution < 1.29 is 24.5 Å². The molecule has 1 saturated heterocycles. The molecule has 8 heteroatoms. The first-order chi connectivity index (χ1) is 13.5. The lowest BCUT2D eigenvalue weighted by Gasteiger charge is -2.39. The SMILES string of the molecule is COc1ccc2nccc(C=C[C@@H]3CCC[C@@](C[C@@H](O)CO)(C(N)=O)O3)c2n1. The molecule has 1 aliphatic heterocycles. The van der Waals surface area contributed by atoms with Gasteiger partial charge in [-0.05, 0) is 31.4 Å². The number of hydrogen-bond acceptors (Lipinski definition) is 7. The fraction of sp³-hybridized carbons (Fsp3) is 0.450. The Morgan fingerprint density at radius 2 is 2.32 bits per heavy atom. The van der Waals surface area contributed by atoms with Crippen LogP contribution in [0.15, 0.2) is 30.5 Å². The van der Waals surface area contributed by atoms with Gasteiger partial charge in [-0.15, -0.1) is 0 Å². The van der Waals surface area contributed by atoms with Gasteiger partial charge in [-0.1, -0.05) is 12.2 Å². The number of methoxy groups -OCH3 is 1. The summed E-state index contributed by atoms with van der Waals surface area (Å²) in [6, 6.07) is 5.43. The maximum Gasteiger partial charge on any atom is 0.249 e. The molecule has 3 atom stereocenters. The van der Waals surface area contributed by atoms with Gasteiger partial charge in [-0.3, -0.25) is 9.78 Å². The molecule has 2 aromatic heterocycles. The minimum absolute atomic E-state index is 0.0277. The summed E-state index contributed by atoms with van der Waals surface area (Å²) < 4.78 is 11.2. The van der Waals surface area contributed by atoms with Gasteiger partial charge >= 0.3 is 0 Å². The normalized spacial score (nSPS) is 23.8. The average Bonchev–Trinajstić information content (AvgIpc) is 2.71. The zero-order valence-electron chi connectivity index (χ0n) is 15.7. The number of carbonyl (C=O) groups excluding carboxylic acids is 1. The summed E-state index contributed by atoms with van der Waals surface area (Å²) in [6.07, 6.45) is 5.86. The van der Waals surface area contributed by atoms with Crippen LogP contribution < -0.4 is 10.5 Å². The largest absolute Gasteiger partial charge is 0.481 e. The van der Waals surface area contributed by atoms with Crippen molar-refractivity contribution in [1.82, 2.24) is 9.97 Å². The Hall–Kier alpha value is -2.55. The molecule has 0 aromatic carbocycles. The van der Waals surface area contributed by atoms with Gasteiger partial charge in [0.25, 0.3) is 0 Å². The molecule has 3 heterocycles. The van der Waals surface area contributed by atoms with Crippen LogP contribution in [0.5, 0.6) is 5.88 Å². The molecule has 28 heavy (non-hydrogen) atoms. The summed E-state index contributed by atoms with van der Waals surface area (Å²) >= 11 is 0. The fourth-order valence-corrected chi connectivity index (χ4v) is 3.50. The Morgan fingerprint density at radius 1 is 1.50 bits per heavy atom. The monoisotopic (exact) mass is 387 g/mol. The van der Waals surface area contributed by atoms with E-state index in [-0.39, 0.29) is 12.5 Å². The van der Waals surface area contributed by atoms with Crippen LogP contribution in [-0.4, -0.2) is 57.6 Å². The van der Waals surface area contributed by atoms with Crippen molar-refractivity contribution in [2.75, 3.05) is 13.7 Å². The first-order valence-corrected chi connectivity index (χ1v) is 9.22. The number of carbonyl (C=O) groups is 1. The van der Waals surface area contributed by atoms with E-state index >= 15 is 0 Å². The highest BCUT2D eigenvalue weighted by atomic mass is 16.5. The lowest BCUT2D eigenvalue weighted by Crippen LogP contribution is -2.52. The van der Waals surface area contributed by atoms with E-state index in [1.165, 1.54) is 0 Å². The number of hydrogen-bond donors (Lipinski definition) is 3. The van der Waals surface area contributed by atoms with Gasteiger partial charge in [0.1, 0.15) is 5.60 Å². The number of nitrogens with two attached hydrogens (primary N) is 1. The van der Waals surface area contributed by atoms with Crippen molar-refractivity contribution in [2.24, 2.45) is 5.73 Å². The molecule has 0 unspecified atom stereocenters. The van der Waals surface area contributed by atoms with E-state index in [4.69, 9.17) is 20.3 Å². The maximum atomic E-state index is 12.0. The van der Waals surface area contributed by atoms with Crippen molar-refractivity contribution >= 4 is 23.0 Å². The molecular formula is C20H25N3O5. The number of fused-ring (bicyclic) bond motifs is 1. The summed E-state index contributed by atoms with van der Waals surface area (Å²) in [7, 11) is 1.56. The van der Waals surface area contributed by atoms with E-state index in [2.05, 4.69) is 9.97 Å². The van der Waals surface area contributed by atoms with Crippen LogP contribution in [0.25, 0.3) is 17.1 Å². The summed E-state index contributed by atoms with van der Waals surface area (Å²) in [5.74, 6) is -0.131. The van der Waals surface area contributed by atoms with Gasteiger partial charge in [0, 0.05) is 24.2 Å². The number of amides is 1. The Morgan fingerprint density at radius 3 is 3.04 bits per heavy atom. The van der Waals surface area contributed by atoms with Crippen LogP contribution in [0.3, 0.4) is 0 Å². The summed E-state index contributed by atoms with van der Waals surface area (Å²) in [4.78, 5) is 20.8. The van der Waals surface area contributed by atoms with Crippen molar-refractivity contribution in [3.63, 3.8) is 0 Å². The average molecular weight is 387 g/mol.